The first-order chi connectivity index (χ1) is 7.76. The van der Waals surface area contributed by atoms with Crippen LogP contribution in [0, 0.1) is 17.8 Å². The van der Waals surface area contributed by atoms with Crippen LogP contribution in [0.1, 0.15) is 34.1 Å². The molecule has 0 unspecified atom stereocenters. The molecule has 4 nitrogen and oxygen atoms in total. The number of terminal acetylenes is 1. The van der Waals surface area contributed by atoms with Gasteiger partial charge < -0.3 is 4.74 Å². The molecule has 0 radical (unpaired) electrons. The van der Waals surface area contributed by atoms with Crippen molar-refractivity contribution in [1.82, 2.24) is 9.55 Å². The molecule has 0 fully saturated rings. The van der Waals surface area contributed by atoms with Gasteiger partial charge in [-0.3, -0.25) is 0 Å². The Balaban J connectivity index is 2.68. The van der Waals surface area contributed by atoms with Gasteiger partial charge in [-0.05, 0) is 27.7 Å². The molecule has 1 aromatic rings. The second-order valence-electron chi connectivity index (χ2n) is 5.30. The summed E-state index contributed by atoms with van der Waals surface area (Å²) in [5.74, 6) is 2.69. The number of imidazole rings is 1. The summed E-state index contributed by atoms with van der Waals surface area (Å²) in [6.07, 6.45) is 10.1. The van der Waals surface area contributed by atoms with Crippen LogP contribution in [-0.2, 0) is 4.74 Å². The molecule has 0 saturated heterocycles. The van der Waals surface area contributed by atoms with E-state index in [0.717, 1.165) is 0 Å². The Morgan fingerprint density at radius 2 is 2.12 bits per heavy atom. The summed E-state index contributed by atoms with van der Waals surface area (Å²) in [5, 5.41) is 0. The molecule has 92 valence electrons. The fourth-order valence-electron chi connectivity index (χ4n) is 1.81. The maximum Gasteiger partial charge on any atom is 0.419 e. The van der Waals surface area contributed by atoms with Gasteiger partial charge in [0.1, 0.15) is 11.9 Å². The van der Waals surface area contributed by atoms with Gasteiger partial charge in [0, 0.05) is 24.2 Å². The van der Waals surface area contributed by atoms with Crippen LogP contribution < -0.4 is 0 Å². The smallest absolute Gasteiger partial charge is 0.419 e. The van der Waals surface area contributed by atoms with E-state index in [0.29, 0.717) is 6.42 Å². The van der Waals surface area contributed by atoms with E-state index in [4.69, 9.17) is 11.2 Å². The molecule has 0 aliphatic heterocycles. The van der Waals surface area contributed by atoms with Crippen molar-refractivity contribution in [2.45, 2.75) is 39.7 Å². The summed E-state index contributed by atoms with van der Waals surface area (Å²) >= 11 is 0. The monoisotopic (exact) mass is 234 g/mol. The third-order valence-electron chi connectivity index (χ3n) is 2.34. The van der Waals surface area contributed by atoms with Crippen LogP contribution in [0.4, 0.5) is 4.79 Å². The minimum absolute atomic E-state index is 0.307. The van der Waals surface area contributed by atoms with E-state index in [2.05, 4.69) is 10.9 Å². The Bertz CT molecular complexity index is 425. The van der Waals surface area contributed by atoms with E-state index in [1.807, 2.05) is 27.7 Å². The summed E-state index contributed by atoms with van der Waals surface area (Å²) in [6, 6.07) is 0. The van der Waals surface area contributed by atoms with Crippen molar-refractivity contribution in [3.63, 3.8) is 0 Å². The molecule has 0 amide bonds. The highest BCUT2D eigenvalue weighted by molar-refractivity contribution is 5.70. The van der Waals surface area contributed by atoms with Crippen LogP contribution in [0.5, 0.6) is 0 Å². The van der Waals surface area contributed by atoms with E-state index >= 15 is 0 Å². The quantitative estimate of drug-likeness (QED) is 0.755. The number of hydrogen-bond donors (Lipinski definition) is 0. The minimum Gasteiger partial charge on any atom is -0.443 e. The zero-order valence-corrected chi connectivity index (χ0v) is 10.7. The zero-order chi connectivity index (χ0) is 13.1. The van der Waals surface area contributed by atoms with Crippen LogP contribution >= 0.6 is 0 Å². The minimum atomic E-state index is -0.614. The molecule has 0 N–H and O–H groups in total. The molecule has 17 heavy (non-hydrogen) atoms. The van der Waals surface area contributed by atoms with E-state index in [1.54, 1.807) is 6.20 Å². The Morgan fingerprint density at radius 1 is 1.47 bits per heavy atom. The number of hydrogen-bond acceptors (Lipinski definition) is 3. The molecule has 0 saturated carbocycles. The zero-order valence-electron chi connectivity index (χ0n) is 10.7. The molecule has 0 atom stereocenters. The molecular weight excluding hydrogens is 216 g/mol. The lowest BCUT2D eigenvalue weighted by Crippen LogP contribution is -2.34. The van der Waals surface area contributed by atoms with Gasteiger partial charge in [-0.2, -0.15) is 0 Å². The van der Waals surface area contributed by atoms with Crippen molar-refractivity contribution >= 4 is 6.09 Å². The highest BCUT2D eigenvalue weighted by Gasteiger charge is 2.31. The van der Waals surface area contributed by atoms with Crippen molar-refractivity contribution in [3.8, 4) is 12.3 Å². The Labute approximate surface area is 102 Å². The highest BCUT2D eigenvalue weighted by atomic mass is 16.6. The normalized spacial score (nSPS) is 11.9. The number of rotatable bonds is 3. The van der Waals surface area contributed by atoms with Gasteiger partial charge in [0.05, 0.1) is 0 Å². The molecule has 0 spiro atoms. The number of carbonyl (C=O) groups excluding carboxylic acids is 1. The third kappa shape index (κ3) is 3.95. The van der Waals surface area contributed by atoms with Crippen molar-refractivity contribution in [3.05, 3.63) is 18.7 Å². The van der Waals surface area contributed by atoms with Crippen LogP contribution in [0.3, 0.4) is 0 Å². The predicted octanol–water partition coefficient (Wildman–Crippen LogP) is 2.70. The van der Waals surface area contributed by atoms with E-state index in [-0.39, 0.29) is 5.41 Å². The van der Waals surface area contributed by atoms with Gasteiger partial charge in [-0.1, -0.05) is 0 Å². The van der Waals surface area contributed by atoms with Crippen molar-refractivity contribution in [2.75, 3.05) is 0 Å². The molecular formula is C13H18N2O2. The van der Waals surface area contributed by atoms with Gasteiger partial charge in [0.15, 0.2) is 0 Å². The molecule has 0 aromatic carbocycles. The molecule has 1 rings (SSSR count). The fourth-order valence-corrected chi connectivity index (χ4v) is 1.81. The van der Waals surface area contributed by atoms with E-state index < -0.39 is 11.7 Å². The van der Waals surface area contributed by atoms with Gasteiger partial charge in [-0.25, -0.2) is 14.3 Å². The van der Waals surface area contributed by atoms with Crippen molar-refractivity contribution < 1.29 is 9.53 Å². The Kier molecular flexibility index (Phi) is 3.62. The van der Waals surface area contributed by atoms with E-state index in [9.17, 15) is 4.79 Å². The Morgan fingerprint density at radius 3 is 2.59 bits per heavy atom. The molecule has 0 bridgehead atoms. The average molecular weight is 234 g/mol. The summed E-state index contributed by atoms with van der Waals surface area (Å²) in [6.45, 7) is 7.58. The summed E-state index contributed by atoms with van der Waals surface area (Å²) < 4.78 is 6.70. The van der Waals surface area contributed by atoms with Crippen LogP contribution in [0.25, 0.3) is 0 Å². The third-order valence-corrected chi connectivity index (χ3v) is 2.34. The SMILES string of the molecule is C#CC(C)(C)CC(C)(C)OC(=O)n1ccnc1. The maximum atomic E-state index is 11.7. The number of aromatic nitrogens is 2. The Hall–Kier alpha value is -1.76. The fraction of sp³-hybridized carbons (Fsp3) is 0.538. The van der Waals surface area contributed by atoms with Crippen LogP contribution in [0.15, 0.2) is 18.7 Å². The number of nitrogens with zero attached hydrogens (tertiary/aromatic N) is 2. The van der Waals surface area contributed by atoms with Crippen molar-refractivity contribution in [1.29, 1.82) is 0 Å². The maximum absolute atomic E-state index is 11.7. The summed E-state index contributed by atoms with van der Waals surface area (Å²) in [7, 11) is 0. The molecule has 0 aliphatic carbocycles. The molecule has 1 aromatic heterocycles. The predicted molar refractivity (Wildman–Crippen MR) is 65.4 cm³/mol. The van der Waals surface area contributed by atoms with Crippen molar-refractivity contribution in [2.24, 2.45) is 5.41 Å². The van der Waals surface area contributed by atoms with Gasteiger partial charge in [0.25, 0.3) is 0 Å². The summed E-state index contributed by atoms with van der Waals surface area (Å²) in [4.78, 5) is 15.5. The van der Waals surface area contributed by atoms with Gasteiger partial charge in [0.2, 0.25) is 0 Å². The molecule has 0 aliphatic rings. The second-order valence-corrected chi connectivity index (χ2v) is 5.30. The lowest BCUT2D eigenvalue weighted by Gasteiger charge is -2.31. The van der Waals surface area contributed by atoms with Crippen LogP contribution in [0.2, 0.25) is 0 Å². The van der Waals surface area contributed by atoms with Gasteiger partial charge >= 0.3 is 6.09 Å². The number of carbonyl (C=O) groups is 1. The lowest BCUT2D eigenvalue weighted by atomic mass is 9.82. The average Bonchev–Trinajstić information content (AvgIpc) is 2.67. The standard InChI is InChI=1S/C13H18N2O2/c1-6-12(2,3)9-13(4,5)17-11(16)15-8-7-14-10-15/h1,7-8,10H,9H2,2-5H3. The molecule has 1 heterocycles. The first kappa shape index (κ1) is 13.3. The topological polar surface area (TPSA) is 44.1 Å². The van der Waals surface area contributed by atoms with E-state index in [1.165, 1.54) is 17.1 Å². The van der Waals surface area contributed by atoms with Gasteiger partial charge in [-0.15, -0.1) is 12.3 Å². The molecule has 4 heteroatoms. The summed E-state index contributed by atoms with van der Waals surface area (Å²) in [5.41, 5.74) is -0.921. The highest BCUT2D eigenvalue weighted by Crippen LogP contribution is 2.29. The first-order valence-corrected chi connectivity index (χ1v) is 5.45. The van der Waals surface area contributed by atoms with Crippen LogP contribution in [-0.4, -0.2) is 21.2 Å². The first-order valence-electron chi connectivity index (χ1n) is 5.45. The number of ether oxygens (including phenoxy) is 1. The lowest BCUT2D eigenvalue weighted by molar-refractivity contribution is 0.0168. The largest absolute Gasteiger partial charge is 0.443 e. The second kappa shape index (κ2) is 4.62.